The number of hydrogen-bond acceptors (Lipinski definition) is 4. The third kappa shape index (κ3) is 2.32. The van der Waals surface area contributed by atoms with Crippen LogP contribution in [0.5, 0.6) is 0 Å². The summed E-state index contributed by atoms with van der Waals surface area (Å²) < 4.78 is 0. The fourth-order valence-electron chi connectivity index (χ4n) is 2.31. The lowest BCUT2D eigenvalue weighted by molar-refractivity contribution is 1.04. The van der Waals surface area contributed by atoms with Gasteiger partial charge in [-0.05, 0) is 25.3 Å². The summed E-state index contributed by atoms with van der Waals surface area (Å²) in [5.74, 6) is 1.62. The van der Waals surface area contributed by atoms with E-state index in [4.69, 9.17) is 0 Å². The number of benzene rings is 1. The number of anilines is 1. The van der Waals surface area contributed by atoms with Gasteiger partial charge < -0.3 is 5.32 Å². The van der Waals surface area contributed by atoms with Crippen LogP contribution in [0.25, 0.3) is 22.0 Å². The fraction of sp³-hybridized carbons (Fsp3) is 0.188. The van der Waals surface area contributed by atoms with Crippen molar-refractivity contribution < 1.29 is 0 Å². The van der Waals surface area contributed by atoms with Gasteiger partial charge in [0.25, 0.3) is 0 Å². The molecule has 0 fully saturated rings. The summed E-state index contributed by atoms with van der Waals surface area (Å²) in [4.78, 5) is 13.2. The van der Waals surface area contributed by atoms with Crippen molar-refractivity contribution in [3.63, 3.8) is 0 Å². The zero-order valence-electron chi connectivity index (χ0n) is 11.6. The average Bonchev–Trinajstić information content (AvgIpc) is 2.46. The van der Waals surface area contributed by atoms with Crippen molar-refractivity contribution in [1.82, 2.24) is 15.0 Å². The van der Waals surface area contributed by atoms with Crippen molar-refractivity contribution in [2.45, 2.75) is 13.8 Å². The van der Waals surface area contributed by atoms with Crippen molar-refractivity contribution >= 4 is 16.6 Å². The first kappa shape index (κ1) is 12.5. The minimum Gasteiger partial charge on any atom is -0.370 e. The number of pyridine rings is 1. The highest BCUT2D eigenvalue weighted by molar-refractivity contribution is 5.95. The number of nitrogens with one attached hydrogen (secondary N) is 1. The molecule has 2 aromatic heterocycles. The molecule has 0 radical (unpaired) electrons. The molecule has 0 atom stereocenters. The molecule has 0 saturated heterocycles. The van der Waals surface area contributed by atoms with Gasteiger partial charge in [-0.3, -0.25) is 4.98 Å². The molecule has 0 spiro atoms. The van der Waals surface area contributed by atoms with Gasteiger partial charge in [0.1, 0.15) is 11.6 Å². The smallest absolute Gasteiger partial charge is 0.130 e. The number of fused-ring (bicyclic) bond motifs is 1. The van der Waals surface area contributed by atoms with Crippen LogP contribution in [0.2, 0.25) is 0 Å². The van der Waals surface area contributed by atoms with Crippen LogP contribution in [-0.2, 0) is 0 Å². The molecule has 0 aliphatic heterocycles. The van der Waals surface area contributed by atoms with E-state index >= 15 is 0 Å². The fourth-order valence-corrected chi connectivity index (χ4v) is 2.31. The Kier molecular flexibility index (Phi) is 3.29. The van der Waals surface area contributed by atoms with Gasteiger partial charge in [0.15, 0.2) is 0 Å². The third-order valence-corrected chi connectivity index (χ3v) is 3.16. The SMILES string of the molecule is CCNc1cc(-c2cccc3ccncc23)nc(C)n1. The summed E-state index contributed by atoms with van der Waals surface area (Å²) in [5, 5.41) is 5.51. The van der Waals surface area contributed by atoms with Crippen molar-refractivity contribution in [3.05, 3.63) is 48.5 Å². The van der Waals surface area contributed by atoms with Crippen molar-refractivity contribution in [1.29, 1.82) is 0 Å². The van der Waals surface area contributed by atoms with Gasteiger partial charge in [0, 0.05) is 36.0 Å². The molecule has 0 amide bonds. The van der Waals surface area contributed by atoms with Crippen molar-refractivity contribution in [3.8, 4) is 11.3 Å². The zero-order chi connectivity index (χ0) is 13.9. The van der Waals surface area contributed by atoms with Gasteiger partial charge in [-0.2, -0.15) is 0 Å². The molecule has 0 aliphatic rings. The van der Waals surface area contributed by atoms with Gasteiger partial charge in [0.2, 0.25) is 0 Å². The molecule has 3 rings (SSSR count). The third-order valence-electron chi connectivity index (χ3n) is 3.16. The lowest BCUT2D eigenvalue weighted by Crippen LogP contribution is -2.02. The number of nitrogens with zero attached hydrogens (tertiary/aromatic N) is 3. The van der Waals surface area contributed by atoms with Gasteiger partial charge in [0.05, 0.1) is 5.69 Å². The highest BCUT2D eigenvalue weighted by Gasteiger charge is 2.07. The molecule has 1 aromatic carbocycles. The molecular formula is C16H16N4. The maximum absolute atomic E-state index is 4.56. The summed E-state index contributed by atoms with van der Waals surface area (Å²) in [5.41, 5.74) is 2.01. The average molecular weight is 264 g/mol. The van der Waals surface area contributed by atoms with Crippen LogP contribution in [0.3, 0.4) is 0 Å². The second-order valence-electron chi connectivity index (χ2n) is 4.62. The summed E-state index contributed by atoms with van der Waals surface area (Å²) in [6, 6.07) is 10.2. The van der Waals surface area contributed by atoms with Crippen LogP contribution >= 0.6 is 0 Å². The van der Waals surface area contributed by atoms with Crippen molar-refractivity contribution in [2.75, 3.05) is 11.9 Å². The van der Waals surface area contributed by atoms with E-state index in [0.29, 0.717) is 0 Å². The van der Waals surface area contributed by atoms with Crippen LogP contribution in [-0.4, -0.2) is 21.5 Å². The molecule has 3 aromatic rings. The van der Waals surface area contributed by atoms with Gasteiger partial charge in [-0.1, -0.05) is 18.2 Å². The molecule has 4 nitrogen and oxygen atoms in total. The van der Waals surface area contributed by atoms with E-state index in [0.717, 1.165) is 34.8 Å². The molecule has 4 heteroatoms. The Hall–Kier alpha value is -2.49. The van der Waals surface area contributed by atoms with Crippen LogP contribution in [0.15, 0.2) is 42.7 Å². The maximum Gasteiger partial charge on any atom is 0.130 e. The van der Waals surface area contributed by atoms with Gasteiger partial charge in [-0.25, -0.2) is 9.97 Å². The Morgan fingerprint density at radius 3 is 2.90 bits per heavy atom. The highest BCUT2D eigenvalue weighted by Crippen LogP contribution is 2.27. The Morgan fingerprint density at radius 2 is 2.05 bits per heavy atom. The van der Waals surface area contributed by atoms with Crippen LogP contribution in [0, 0.1) is 6.92 Å². The summed E-state index contributed by atoms with van der Waals surface area (Å²) in [7, 11) is 0. The molecule has 1 N–H and O–H groups in total. The predicted molar refractivity (Wildman–Crippen MR) is 81.7 cm³/mol. The molecule has 0 aliphatic carbocycles. The molecule has 0 bridgehead atoms. The summed E-state index contributed by atoms with van der Waals surface area (Å²) in [6.45, 7) is 4.81. The Morgan fingerprint density at radius 1 is 1.15 bits per heavy atom. The first-order valence-corrected chi connectivity index (χ1v) is 6.70. The molecule has 0 saturated carbocycles. The second kappa shape index (κ2) is 5.25. The normalized spacial score (nSPS) is 10.7. The lowest BCUT2D eigenvalue weighted by atomic mass is 10.0. The lowest BCUT2D eigenvalue weighted by Gasteiger charge is -2.09. The maximum atomic E-state index is 4.56. The summed E-state index contributed by atoms with van der Waals surface area (Å²) >= 11 is 0. The monoisotopic (exact) mass is 264 g/mol. The standard InChI is InChI=1S/C16H16N4/c1-3-18-16-9-15(19-11(2)20-16)13-6-4-5-12-7-8-17-10-14(12)13/h4-10H,3H2,1-2H3,(H,18,19,20). The largest absolute Gasteiger partial charge is 0.370 e. The number of rotatable bonds is 3. The molecular weight excluding hydrogens is 248 g/mol. The summed E-state index contributed by atoms with van der Waals surface area (Å²) in [6.07, 6.45) is 3.69. The van der Waals surface area contributed by atoms with E-state index in [2.05, 4.69) is 39.3 Å². The van der Waals surface area contributed by atoms with E-state index in [1.54, 1.807) is 6.20 Å². The van der Waals surface area contributed by atoms with E-state index in [1.165, 1.54) is 5.39 Å². The van der Waals surface area contributed by atoms with Crippen LogP contribution < -0.4 is 5.32 Å². The van der Waals surface area contributed by atoms with Crippen molar-refractivity contribution in [2.24, 2.45) is 0 Å². The first-order chi connectivity index (χ1) is 9.78. The van der Waals surface area contributed by atoms with Gasteiger partial charge in [-0.15, -0.1) is 0 Å². The molecule has 100 valence electrons. The molecule has 0 unspecified atom stereocenters. The number of hydrogen-bond donors (Lipinski definition) is 1. The minimum absolute atomic E-state index is 0.763. The molecule has 2 heterocycles. The van der Waals surface area contributed by atoms with E-state index in [1.807, 2.05) is 31.3 Å². The first-order valence-electron chi connectivity index (χ1n) is 6.70. The number of aromatic nitrogens is 3. The zero-order valence-corrected chi connectivity index (χ0v) is 11.6. The van der Waals surface area contributed by atoms with E-state index in [-0.39, 0.29) is 0 Å². The van der Waals surface area contributed by atoms with Crippen LogP contribution in [0.4, 0.5) is 5.82 Å². The Balaban J connectivity index is 2.20. The highest BCUT2D eigenvalue weighted by atomic mass is 15.0. The Labute approximate surface area is 117 Å². The topological polar surface area (TPSA) is 50.7 Å². The minimum atomic E-state index is 0.763. The van der Waals surface area contributed by atoms with E-state index < -0.39 is 0 Å². The Bertz CT molecular complexity index is 747. The quantitative estimate of drug-likeness (QED) is 0.787. The van der Waals surface area contributed by atoms with Gasteiger partial charge >= 0.3 is 0 Å². The number of aryl methyl sites for hydroxylation is 1. The van der Waals surface area contributed by atoms with E-state index in [9.17, 15) is 0 Å². The van der Waals surface area contributed by atoms with Crippen LogP contribution in [0.1, 0.15) is 12.7 Å². The molecule has 20 heavy (non-hydrogen) atoms. The predicted octanol–water partition coefficient (Wildman–Crippen LogP) is 3.43. The second-order valence-corrected chi connectivity index (χ2v) is 4.62.